The molecule has 2 heterocycles. The van der Waals surface area contributed by atoms with Gasteiger partial charge in [0.15, 0.2) is 12.6 Å². The van der Waals surface area contributed by atoms with Crippen molar-refractivity contribution in [3.63, 3.8) is 0 Å². The van der Waals surface area contributed by atoms with Crippen LogP contribution in [0.3, 0.4) is 0 Å². The third-order valence-electron chi connectivity index (χ3n) is 13.3. The lowest BCUT2D eigenvalue weighted by Gasteiger charge is -2.46. The molecule has 420 valence electrons. The van der Waals surface area contributed by atoms with Crippen LogP contribution in [0.15, 0.2) is 85.1 Å². The van der Waals surface area contributed by atoms with Gasteiger partial charge in [0.1, 0.15) is 48.8 Å². The first-order valence-corrected chi connectivity index (χ1v) is 28.3. The molecule has 0 aromatic carbocycles. The lowest BCUT2D eigenvalue weighted by atomic mass is 9.97. The van der Waals surface area contributed by atoms with Crippen molar-refractivity contribution < 1.29 is 64.6 Å². The molecule has 1 amide bonds. The number of amides is 1. The maximum Gasteiger partial charge on any atom is 0.220 e. The molecule has 0 aliphatic carbocycles. The molecule has 14 heteroatoms. The molecule has 2 fully saturated rings. The molecule has 12 atom stereocenters. The molecular weight excluding hydrogens is 931 g/mol. The van der Waals surface area contributed by atoms with Gasteiger partial charge in [0.25, 0.3) is 0 Å². The van der Waals surface area contributed by atoms with Crippen LogP contribution >= 0.6 is 0 Å². The predicted octanol–water partition coefficient (Wildman–Crippen LogP) is 8.94. The maximum absolute atomic E-state index is 13.2. The standard InChI is InChI=1S/C59H101NO13/c1-3-5-7-9-11-13-15-17-19-21-23-25-26-28-30-32-34-36-38-40-42-48(63)47(60-51(64)43-41-39-37-35-33-31-29-27-24-22-20-18-16-14-12-10-8-6-4-2)46-70-58-56(69)54(67)57(50(45-62)72-58)73-59-55(68)53(66)52(65)49(44-61)71-59/h6,8,12,14,18,20,24-27,32,34,40,42,47-50,52-59,61-63,65-69H,3-5,7,9-11,13,15-17,19,21-23,28-31,33,35-39,41,43-46H2,1-2H3,(H,60,64)/b8-6-,14-12-,20-18-,26-25+,27-24-,34-32+,42-40+. The zero-order chi connectivity index (χ0) is 53.2. The van der Waals surface area contributed by atoms with Crippen LogP contribution in [-0.4, -0.2) is 140 Å². The van der Waals surface area contributed by atoms with E-state index in [4.69, 9.17) is 18.9 Å². The Morgan fingerprint density at radius 2 is 0.959 bits per heavy atom. The summed E-state index contributed by atoms with van der Waals surface area (Å²) in [6.45, 7) is 2.63. The van der Waals surface area contributed by atoms with E-state index in [2.05, 4.69) is 92.1 Å². The van der Waals surface area contributed by atoms with E-state index in [-0.39, 0.29) is 18.9 Å². The third kappa shape index (κ3) is 30.5. The molecule has 0 spiro atoms. The molecule has 14 nitrogen and oxygen atoms in total. The van der Waals surface area contributed by atoms with Crippen LogP contribution in [-0.2, 0) is 23.7 Å². The summed E-state index contributed by atoms with van der Waals surface area (Å²) in [5.74, 6) is -0.271. The number of aliphatic hydroxyl groups is 8. The number of aliphatic hydroxyl groups excluding tert-OH is 8. The molecule has 2 aliphatic heterocycles. The van der Waals surface area contributed by atoms with E-state index in [9.17, 15) is 45.6 Å². The summed E-state index contributed by atoms with van der Waals surface area (Å²) in [6.07, 6.45) is 41.9. The van der Waals surface area contributed by atoms with Gasteiger partial charge in [-0.25, -0.2) is 0 Å². The minimum Gasteiger partial charge on any atom is -0.394 e. The molecule has 0 radical (unpaired) electrons. The highest BCUT2D eigenvalue weighted by Gasteiger charge is 2.51. The minimum atomic E-state index is -1.80. The molecule has 0 aromatic heterocycles. The molecule has 2 aliphatic rings. The highest BCUT2D eigenvalue weighted by Crippen LogP contribution is 2.30. The molecule has 0 aromatic rings. The monoisotopic (exact) mass is 1030 g/mol. The average molecular weight is 1030 g/mol. The Labute approximate surface area is 440 Å². The number of nitrogens with one attached hydrogen (secondary N) is 1. The van der Waals surface area contributed by atoms with Crippen molar-refractivity contribution in [2.45, 2.75) is 261 Å². The summed E-state index contributed by atoms with van der Waals surface area (Å²) < 4.78 is 22.7. The lowest BCUT2D eigenvalue weighted by Crippen LogP contribution is -2.65. The Kier molecular flexibility index (Phi) is 40.2. The fourth-order valence-corrected chi connectivity index (χ4v) is 8.72. The minimum absolute atomic E-state index is 0.249. The zero-order valence-electron chi connectivity index (χ0n) is 44.8. The highest BCUT2D eigenvalue weighted by molar-refractivity contribution is 5.76. The van der Waals surface area contributed by atoms with Gasteiger partial charge >= 0.3 is 0 Å². The summed E-state index contributed by atoms with van der Waals surface area (Å²) in [5.41, 5.74) is 0. The lowest BCUT2D eigenvalue weighted by molar-refractivity contribution is -0.359. The summed E-state index contributed by atoms with van der Waals surface area (Å²) in [5, 5.41) is 87.0. The highest BCUT2D eigenvalue weighted by atomic mass is 16.7. The quantitative estimate of drug-likeness (QED) is 0.0206. The number of unbranched alkanes of at least 4 members (excludes halogenated alkanes) is 18. The van der Waals surface area contributed by atoms with Gasteiger partial charge < -0.3 is 65.1 Å². The van der Waals surface area contributed by atoms with Gasteiger partial charge in [0.05, 0.1) is 32.0 Å². The van der Waals surface area contributed by atoms with Gasteiger partial charge in [-0.15, -0.1) is 0 Å². The van der Waals surface area contributed by atoms with Crippen LogP contribution in [0.5, 0.6) is 0 Å². The van der Waals surface area contributed by atoms with E-state index in [1.807, 2.05) is 6.08 Å². The number of ether oxygens (including phenoxy) is 4. The van der Waals surface area contributed by atoms with E-state index in [0.29, 0.717) is 12.8 Å². The van der Waals surface area contributed by atoms with Crippen molar-refractivity contribution in [2.24, 2.45) is 0 Å². The number of hydrogen-bond acceptors (Lipinski definition) is 13. The number of carbonyl (C=O) groups excluding carboxylic acids is 1. The van der Waals surface area contributed by atoms with E-state index in [1.165, 1.54) is 64.2 Å². The van der Waals surface area contributed by atoms with Crippen molar-refractivity contribution in [1.29, 1.82) is 0 Å². The van der Waals surface area contributed by atoms with E-state index in [0.717, 1.165) is 89.9 Å². The first-order valence-electron chi connectivity index (χ1n) is 28.3. The Morgan fingerprint density at radius 3 is 1.51 bits per heavy atom. The van der Waals surface area contributed by atoms with Gasteiger partial charge in [-0.05, 0) is 83.5 Å². The first kappa shape index (κ1) is 66.3. The second kappa shape index (κ2) is 44.3. The Morgan fingerprint density at radius 1 is 0.507 bits per heavy atom. The number of hydrogen-bond donors (Lipinski definition) is 9. The van der Waals surface area contributed by atoms with Gasteiger partial charge in [0, 0.05) is 6.42 Å². The Hall–Kier alpha value is -2.83. The maximum atomic E-state index is 13.2. The van der Waals surface area contributed by atoms with Crippen molar-refractivity contribution >= 4 is 5.91 Å². The molecule has 9 N–H and O–H groups in total. The summed E-state index contributed by atoms with van der Waals surface area (Å²) in [4.78, 5) is 13.2. The topological polar surface area (TPSA) is 228 Å². The first-order chi connectivity index (χ1) is 35.6. The fraction of sp³-hybridized carbons (Fsp3) is 0.746. The molecule has 0 bridgehead atoms. The normalized spacial score (nSPS) is 26.1. The number of carbonyl (C=O) groups is 1. The van der Waals surface area contributed by atoms with E-state index < -0.39 is 86.8 Å². The number of rotatable bonds is 43. The molecular formula is C59H101NO13. The zero-order valence-corrected chi connectivity index (χ0v) is 44.8. The van der Waals surface area contributed by atoms with Crippen molar-refractivity contribution in [1.82, 2.24) is 5.32 Å². The largest absolute Gasteiger partial charge is 0.394 e. The SMILES string of the molecule is CC/C=C\C/C=C\C/C=C\C/C=C\CCCCCCCCC(=O)NC(COC1OC(CO)C(OC2OC(CO)C(O)C(O)C2O)C(O)C1O)C(O)/C=C/CC/C=C/CC/C=C/CCCCCCCCCCCC. The van der Waals surface area contributed by atoms with Crippen molar-refractivity contribution in [3.05, 3.63) is 85.1 Å². The van der Waals surface area contributed by atoms with E-state index in [1.54, 1.807) is 6.08 Å². The number of allylic oxidation sites excluding steroid dienone is 13. The fourth-order valence-electron chi connectivity index (χ4n) is 8.72. The van der Waals surface area contributed by atoms with Gasteiger partial charge in [-0.1, -0.05) is 182 Å². The van der Waals surface area contributed by atoms with Crippen molar-refractivity contribution in [3.8, 4) is 0 Å². The van der Waals surface area contributed by atoms with Gasteiger partial charge in [-0.2, -0.15) is 0 Å². The molecule has 0 saturated carbocycles. The van der Waals surface area contributed by atoms with Crippen LogP contribution in [0.1, 0.15) is 187 Å². The molecule has 73 heavy (non-hydrogen) atoms. The second-order valence-corrected chi connectivity index (χ2v) is 19.7. The molecule has 2 rings (SSSR count). The molecule has 12 unspecified atom stereocenters. The van der Waals surface area contributed by atoms with Gasteiger partial charge in [0.2, 0.25) is 5.91 Å². The van der Waals surface area contributed by atoms with Crippen LogP contribution < -0.4 is 5.32 Å². The van der Waals surface area contributed by atoms with Crippen LogP contribution in [0.2, 0.25) is 0 Å². The predicted molar refractivity (Wildman–Crippen MR) is 290 cm³/mol. The second-order valence-electron chi connectivity index (χ2n) is 19.7. The van der Waals surface area contributed by atoms with Gasteiger partial charge in [-0.3, -0.25) is 4.79 Å². The Balaban J connectivity index is 1.84. The summed E-state index contributed by atoms with van der Waals surface area (Å²) >= 11 is 0. The van der Waals surface area contributed by atoms with E-state index >= 15 is 0 Å². The molecule has 2 saturated heterocycles. The third-order valence-corrected chi connectivity index (χ3v) is 13.3. The smallest absolute Gasteiger partial charge is 0.220 e. The average Bonchev–Trinajstić information content (AvgIpc) is 3.39. The van der Waals surface area contributed by atoms with Crippen LogP contribution in [0.25, 0.3) is 0 Å². The summed E-state index contributed by atoms with van der Waals surface area (Å²) in [6, 6.07) is -0.951. The summed E-state index contributed by atoms with van der Waals surface area (Å²) in [7, 11) is 0. The Bertz CT molecular complexity index is 1550. The van der Waals surface area contributed by atoms with Crippen LogP contribution in [0.4, 0.5) is 0 Å². The van der Waals surface area contributed by atoms with Crippen LogP contribution in [0, 0.1) is 0 Å². The van der Waals surface area contributed by atoms with Crippen molar-refractivity contribution in [2.75, 3.05) is 19.8 Å².